The Morgan fingerprint density at radius 1 is 1.21 bits per heavy atom. The number of benzene rings is 2. The fraction of sp³-hybridized carbons (Fsp3) is 0.400. The summed E-state index contributed by atoms with van der Waals surface area (Å²) in [4.78, 5) is 38.0. The monoisotopic (exact) mass is 455 g/mol. The van der Waals surface area contributed by atoms with E-state index < -0.39 is 23.7 Å². The normalized spacial score (nSPS) is 13.5. The molecule has 2 aromatic carbocycles. The maximum absolute atomic E-state index is 12.9. The van der Waals surface area contributed by atoms with Crippen LogP contribution in [0.5, 0.6) is 11.5 Å². The molecule has 0 saturated carbocycles. The molecule has 8 nitrogen and oxygen atoms in total. The van der Waals surface area contributed by atoms with Crippen LogP contribution in [-0.2, 0) is 9.53 Å². The van der Waals surface area contributed by atoms with Crippen molar-refractivity contribution in [3.05, 3.63) is 46.1 Å². The molecule has 1 aromatic heterocycles. The second-order valence-electron chi connectivity index (χ2n) is 9.13. The summed E-state index contributed by atoms with van der Waals surface area (Å²) < 4.78 is 16.6. The summed E-state index contributed by atoms with van der Waals surface area (Å²) in [7, 11) is 0. The lowest BCUT2D eigenvalue weighted by molar-refractivity contribution is -0.138. The van der Waals surface area contributed by atoms with Crippen molar-refractivity contribution in [3.63, 3.8) is 0 Å². The number of hydrogen-bond donors (Lipinski definition) is 2. The van der Waals surface area contributed by atoms with Gasteiger partial charge in [-0.1, -0.05) is 32.4 Å². The number of rotatable bonds is 5. The van der Waals surface area contributed by atoms with Gasteiger partial charge in [0.2, 0.25) is 5.43 Å². The van der Waals surface area contributed by atoms with Crippen LogP contribution in [0.15, 0.2) is 39.5 Å². The molecule has 2 N–H and O–H groups in total. The maximum Gasteiger partial charge on any atom is 0.408 e. The largest absolute Gasteiger partial charge is 0.507 e. The molecule has 0 aliphatic rings. The molecule has 3 rings (SSSR count). The van der Waals surface area contributed by atoms with Crippen LogP contribution in [0.4, 0.5) is 4.79 Å². The Hall–Kier alpha value is -3.55. The number of carbonyl (C=O) groups is 2. The van der Waals surface area contributed by atoms with Gasteiger partial charge in [-0.25, -0.2) is 9.59 Å². The zero-order valence-electron chi connectivity index (χ0n) is 19.6. The van der Waals surface area contributed by atoms with E-state index in [1.165, 1.54) is 12.1 Å². The number of aromatic hydroxyl groups is 1. The average molecular weight is 456 g/mol. The number of esters is 1. The van der Waals surface area contributed by atoms with Crippen molar-refractivity contribution >= 4 is 34.0 Å². The number of alkyl carbamates (subject to hydrolysis) is 1. The molecule has 3 aromatic rings. The zero-order chi connectivity index (χ0) is 24.5. The van der Waals surface area contributed by atoms with E-state index in [2.05, 4.69) is 5.32 Å². The van der Waals surface area contributed by atoms with E-state index in [0.29, 0.717) is 17.4 Å². The zero-order valence-corrected chi connectivity index (χ0v) is 19.6. The Balaban J connectivity index is 1.95. The lowest BCUT2D eigenvalue weighted by atomic mass is 9.99. The first-order chi connectivity index (χ1) is 15.4. The van der Waals surface area contributed by atoms with Crippen molar-refractivity contribution in [3.8, 4) is 11.5 Å². The lowest BCUT2D eigenvalue weighted by Gasteiger charge is -2.25. The van der Waals surface area contributed by atoms with Gasteiger partial charge in [0.05, 0.1) is 5.39 Å². The number of para-hydroxylation sites is 1. The molecule has 0 radical (unpaired) electrons. The molecule has 1 heterocycles. The first kappa shape index (κ1) is 24.1. The van der Waals surface area contributed by atoms with Gasteiger partial charge in [0.1, 0.15) is 39.7 Å². The average Bonchev–Trinajstić information content (AvgIpc) is 2.70. The maximum atomic E-state index is 12.9. The number of phenols is 1. The minimum Gasteiger partial charge on any atom is -0.507 e. The molecule has 0 aliphatic carbocycles. The van der Waals surface area contributed by atoms with Crippen molar-refractivity contribution in [2.75, 3.05) is 0 Å². The van der Waals surface area contributed by atoms with Crippen LogP contribution in [0, 0.1) is 12.8 Å². The Morgan fingerprint density at radius 2 is 1.91 bits per heavy atom. The highest BCUT2D eigenvalue weighted by atomic mass is 16.6. The van der Waals surface area contributed by atoms with Gasteiger partial charge in [-0.3, -0.25) is 4.79 Å². The van der Waals surface area contributed by atoms with Crippen molar-refractivity contribution in [1.82, 2.24) is 5.32 Å². The van der Waals surface area contributed by atoms with Gasteiger partial charge < -0.3 is 24.3 Å². The van der Waals surface area contributed by atoms with Crippen LogP contribution in [0.2, 0.25) is 0 Å². The number of nitrogens with one attached hydrogen (secondary N) is 1. The van der Waals surface area contributed by atoms with Crippen LogP contribution in [-0.4, -0.2) is 28.8 Å². The SMILES string of the molecule is CCC(C)C(NC(=O)OC(C)(C)C)C(=O)Oc1cc(O)c2c(=O)c3cccc(C)c3oc2c1. The van der Waals surface area contributed by atoms with Crippen LogP contribution in [0.25, 0.3) is 21.9 Å². The van der Waals surface area contributed by atoms with Gasteiger partial charge in [-0.2, -0.15) is 0 Å². The van der Waals surface area contributed by atoms with E-state index in [1.807, 2.05) is 6.92 Å². The molecule has 0 saturated heterocycles. The molecule has 176 valence electrons. The quantitative estimate of drug-likeness (QED) is 0.322. The predicted octanol–water partition coefficient (Wildman–Crippen LogP) is 4.81. The fourth-order valence-electron chi connectivity index (χ4n) is 3.44. The lowest BCUT2D eigenvalue weighted by Crippen LogP contribution is -2.48. The van der Waals surface area contributed by atoms with E-state index in [-0.39, 0.29) is 33.8 Å². The Labute approximate surface area is 191 Å². The van der Waals surface area contributed by atoms with Gasteiger partial charge >= 0.3 is 12.1 Å². The van der Waals surface area contributed by atoms with Crippen molar-refractivity contribution in [1.29, 1.82) is 0 Å². The number of ether oxygens (including phenoxy) is 2. The minimum absolute atomic E-state index is 0.00162. The standard InChI is InChI=1S/C25H29NO7/c1-7-13(2)20(26-24(30)33-25(4,5)6)23(29)31-15-11-17(27)19-18(12-15)32-22-14(3)9-8-10-16(22)21(19)28/h8-13,20,27H,7H2,1-6H3,(H,26,30). The molecule has 0 fully saturated rings. The Morgan fingerprint density at radius 3 is 2.55 bits per heavy atom. The second-order valence-corrected chi connectivity index (χ2v) is 9.13. The van der Waals surface area contributed by atoms with Crippen molar-refractivity contribution in [2.24, 2.45) is 5.92 Å². The molecular formula is C25H29NO7. The highest BCUT2D eigenvalue weighted by Crippen LogP contribution is 2.31. The first-order valence-electron chi connectivity index (χ1n) is 10.8. The molecular weight excluding hydrogens is 426 g/mol. The van der Waals surface area contributed by atoms with E-state index >= 15 is 0 Å². The molecule has 0 spiro atoms. The molecule has 33 heavy (non-hydrogen) atoms. The third-order valence-electron chi connectivity index (χ3n) is 5.31. The predicted molar refractivity (Wildman–Crippen MR) is 125 cm³/mol. The summed E-state index contributed by atoms with van der Waals surface area (Å²) >= 11 is 0. The number of phenolic OH excluding ortho intramolecular Hbond substituents is 1. The van der Waals surface area contributed by atoms with Gasteiger partial charge in [0.25, 0.3) is 0 Å². The van der Waals surface area contributed by atoms with E-state index in [4.69, 9.17) is 13.9 Å². The summed E-state index contributed by atoms with van der Waals surface area (Å²) in [5.74, 6) is -1.36. The third kappa shape index (κ3) is 5.27. The topological polar surface area (TPSA) is 115 Å². The van der Waals surface area contributed by atoms with Gasteiger partial charge in [0, 0.05) is 12.1 Å². The molecule has 0 aliphatic heterocycles. The van der Waals surface area contributed by atoms with Crippen LogP contribution >= 0.6 is 0 Å². The van der Waals surface area contributed by atoms with Gasteiger partial charge in [-0.15, -0.1) is 0 Å². The van der Waals surface area contributed by atoms with Gasteiger partial charge in [0.15, 0.2) is 0 Å². The molecule has 1 amide bonds. The number of fused-ring (bicyclic) bond motifs is 2. The molecule has 8 heteroatoms. The smallest absolute Gasteiger partial charge is 0.408 e. The number of amides is 1. The Bertz CT molecular complexity index is 1270. The summed E-state index contributed by atoms with van der Waals surface area (Å²) in [5, 5.41) is 13.4. The molecule has 2 unspecified atom stereocenters. The number of carbonyl (C=O) groups excluding carboxylic acids is 2. The van der Waals surface area contributed by atoms with Crippen molar-refractivity contribution < 1.29 is 28.6 Å². The van der Waals surface area contributed by atoms with E-state index in [1.54, 1.807) is 52.8 Å². The fourth-order valence-corrected chi connectivity index (χ4v) is 3.44. The van der Waals surface area contributed by atoms with E-state index in [9.17, 15) is 19.5 Å². The van der Waals surface area contributed by atoms with Crippen LogP contribution in [0.3, 0.4) is 0 Å². The van der Waals surface area contributed by atoms with E-state index in [0.717, 1.165) is 5.56 Å². The number of hydrogen-bond acceptors (Lipinski definition) is 7. The summed E-state index contributed by atoms with van der Waals surface area (Å²) in [6.45, 7) is 10.7. The highest BCUT2D eigenvalue weighted by molar-refractivity contribution is 5.95. The second kappa shape index (κ2) is 9.13. The molecule has 2 atom stereocenters. The summed E-state index contributed by atoms with van der Waals surface area (Å²) in [6.07, 6.45) is -0.141. The van der Waals surface area contributed by atoms with Crippen LogP contribution in [0.1, 0.15) is 46.6 Å². The Kier molecular flexibility index (Phi) is 6.67. The summed E-state index contributed by atoms with van der Waals surface area (Å²) in [5.41, 5.74) is 0.129. The van der Waals surface area contributed by atoms with Gasteiger partial charge in [-0.05, 0) is 45.2 Å². The molecule has 0 bridgehead atoms. The third-order valence-corrected chi connectivity index (χ3v) is 5.31. The number of aryl methyl sites for hydroxylation is 1. The first-order valence-corrected chi connectivity index (χ1v) is 10.8. The van der Waals surface area contributed by atoms with Crippen LogP contribution < -0.4 is 15.5 Å². The summed E-state index contributed by atoms with van der Waals surface area (Å²) in [6, 6.07) is 6.75. The minimum atomic E-state index is -0.978. The van der Waals surface area contributed by atoms with Crippen molar-refractivity contribution in [2.45, 2.75) is 59.6 Å². The highest BCUT2D eigenvalue weighted by Gasteiger charge is 2.30.